The second kappa shape index (κ2) is 6.06. The Bertz CT molecular complexity index is 428. The predicted octanol–water partition coefficient (Wildman–Crippen LogP) is 1.92. The quantitative estimate of drug-likeness (QED) is 0.874. The summed E-state index contributed by atoms with van der Waals surface area (Å²) in [5.74, 6) is -0.544. The van der Waals surface area contributed by atoms with Crippen LogP contribution in [0.4, 0.5) is 5.69 Å². The van der Waals surface area contributed by atoms with Crippen molar-refractivity contribution in [3.05, 3.63) is 29.8 Å². The lowest BCUT2D eigenvalue weighted by Gasteiger charge is -2.24. The molecule has 1 unspecified atom stereocenters. The van der Waals surface area contributed by atoms with Gasteiger partial charge in [0.2, 0.25) is 0 Å². The van der Waals surface area contributed by atoms with E-state index in [2.05, 4.69) is 48.3 Å². The maximum atomic E-state index is 11.2. The van der Waals surface area contributed by atoms with Gasteiger partial charge in [-0.1, -0.05) is 26.0 Å². The SMILES string of the molecule is CC(C)c1ccc(N2CCNCC(C(=O)O)C2)cc1. The fraction of sp³-hybridized carbons (Fsp3) is 0.533. The molecule has 1 aromatic rings. The summed E-state index contributed by atoms with van der Waals surface area (Å²) >= 11 is 0. The van der Waals surface area contributed by atoms with Gasteiger partial charge in [0.05, 0.1) is 5.92 Å². The van der Waals surface area contributed by atoms with E-state index in [1.165, 1.54) is 5.56 Å². The molecule has 104 valence electrons. The van der Waals surface area contributed by atoms with Crippen molar-refractivity contribution in [1.29, 1.82) is 0 Å². The average Bonchev–Trinajstić information content (AvgIpc) is 2.64. The average molecular weight is 262 g/mol. The smallest absolute Gasteiger partial charge is 0.309 e. The zero-order chi connectivity index (χ0) is 13.8. The Balaban J connectivity index is 2.12. The Morgan fingerprint density at radius 2 is 2.05 bits per heavy atom. The molecule has 0 aromatic heterocycles. The maximum Gasteiger partial charge on any atom is 0.309 e. The van der Waals surface area contributed by atoms with Gasteiger partial charge in [0.1, 0.15) is 0 Å². The van der Waals surface area contributed by atoms with Crippen LogP contribution in [0.5, 0.6) is 0 Å². The summed E-state index contributed by atoms with van der Waals surface area (Å²) in [6.07, 6.45) is 0. The second-order valence-electron chi connectivity index (χ2n) is 5.43. The standard InChI is InChI=1S/C15H22N2O2/c1-11(2)12-3-5-14(6-4-12)17-8-7-16-9-13(10-17)15(18)19/h3-6,11,13,16H,7-10H2,1-2H3,(H,18,19). The number of carboxylic acids is 1. The van der Waals surface area contributed by atoms with Crippen LogP contribution in [0, 0.1) is 5.92 Å². The number of carboxylic acid groups (broad SMARTS) is 1. The molecule has 2 rings (SSSR count). The molecule has 0 saturated carbocycles. The zero-order valence-corrected chi connectivity index (χ0v) is 11.6. The lowest BCUT2D eigenvalue weighted by molar-refractivity contribution is -0.141. The number of anilines is 1. The monoisotopic (exact) mass is 262 g/mol. The van der Waals surface area contributed by atoms with Crippen LogP contribution in [0.3, 0.4) is 0 Å². The van der Waals surface area contributed by atoms with Crippen molar-refractivity contribution in [2.75, 3.05) is 31.1 Å². The summed E-state index contributed by atoms with van der Waals surface area (Å²) in [5, 5.41) is 12.4. The van der Waals surface area contributed by atoms with E-state index < -0.39 is 5.97 Å². The zero-order valence-electron chi connectivity index (χ0n) is 11.6. The minimum atomic E-state index is -0.724. The Labute approximate surface area is 114 Å². The van der Waals surface area contributed by atoms with Crippen LogP contribution in [0.1, 0.15) is 25.3 Å². The third-order valence-corrected chi connectivity index (χ3v) is 3.66. The van der Waals surface area contributed by atoms with Crippen LogP contribution in [0.15, 0.2) is 24.3 Å². The van der Waals surface area contributed by atoms with Crippen molar-refractivity contribution < 1.29 is 9.90 Å². The normalized spacial score (nSPS) is 20.4. The van der Waals surface area contributed by atoms with Crippen LogP contribution in [0.25, 0.3) is 0 Å². The highest BCUT2D eigenvalue weighted by Crippen LogP contribution is 2.21. The fourth-order valence-electron chi connectivity index (χ4n) is 2.38. The first-order valence-corrected chi connectivity index (χ1v) is 6.86. The van der Waals surface area contributed by atoms with Crippen LogP contribution in [-0.4, -0.2) is 37.3 Å². The summed E-state index contributed by atoms with van der Waals surface area (Å²) in [5.41, 5.74) is 2.42. The summed E-state index contributed by atoms with van der Waals surface area (Å²) in [4.78, 5) is 13.3. The van der Waals surface area contributed by atoms with Gasteiger partial charge in [-0.05, 0) is 23.6 Å². The Kier molecular flexibility index (Phi) is 4.43. The van der Waals surface area contributed by atoms with Gasteiger partial charge >= 0.3 is 5.97 Å². The van der Waals surface area contributed by atoms with Crippen molar-refractivity contribution in [1.82, 2.24) is 5.32 Å². The molecule has 1 fully saturated rings. The molecule has 19 heavy (non-hydrogen) atoms. The number of hydrogen-bond donors (Lipinski definition) is 2. The number of aliphatic carboxylic acids is 1. The van der Waals surface area contributed by atoms with Gasteiger partial charge in [-0.15, -0.1) is 0 Å². The topological polar surface area (TPSA) is 52.6 Å². The highest BCUT2D eigenvalue weighted by Gasteiger charge is 2.23. The molecule has 0 amide bonds. The molecule has 1 aromatic carbocycles. The van der Waals surface area contributed by atoms with Crippen molar-refractivity contribution in [3.8, 4) is 0 Å². The van der Waals surface area contributed by atoms with Crippen LogP contribution >= 0.6 is 0 Å². The van der Waals surface area contributed by atoms with Crippen LogP contribution in [0.2, 0.25) is 0 Å². The van der Waals surface area contributed by atoms with Gasteiger partial charge in [-0.3, -0.25) is 4.79 Å². The third kappa shape index (κ3) is 3.47. The number of carbonyl (C=O) groups is 1. The summed E-state index contributed by atoms with van der Waals surface area (Å²) in [6.45, 7) is 7.15. The highest BCUT2D eigenvalue weighted by molar-refractivity contribution is 5.71. The first-order chi connectivity index (χ1) is 9.08. The molecule has 2 N–H and O–H groups in total. The number of nitrogens with zero attached hydrogens (tertiary/aromatic N) is 1. The molecular formula is C15H22N2O2. The predicted molar refractivity (Wildman–Crippen MR) is 76.7 cm³/mol. The minimum absolute atomic E-state index is 0.340. The van der Waals surface area contributed by atoms with Gasteiger partial charge < -0.3 is 15.3 Å². The fourth-order valence-corrected chi connectivity index (χ4v) is 2.38. The first-order valence-electron chi connectivity index (χ1n) is 6.86. The minimum Gasteiger partial charge on any atom is -0.481 e. The van der Waals surface area contributed by atoms with E-state index in [9.17, 15) is 9.90 Å². The molecule has 0 aliphatic carbocycles. The van der Waals surface area contributed by atoms with Gasteiger partial charge in [0.25, 0.3) is 0 Å². The summed E-state index contributed by atoms with van der Waals surface area (Å²) in [6, 6.07) is 8.46. The Morgan fingerprint density at radius 3 is 2.63 bits per heavy atom. The van der Waals surface area contributed by atoms with Crippen molar-refractivity contribution in [2.45, 2.75) is 19.8 Å². The lowest BCUT2D eigenvalue weighted by Crippen LogP contribution is -2.33. The van der Waals surface area contributed by atoms with Crippen LogP contribution in [-0.2, 0) is 4.79 Å². The summed E-state index contributed by atoms with van der Waals surface area (Å²) in [7, 11) is 0. The summed E-state index contributed by atoms with van der Waals surface area (Å²) < 4.78 is 0. The maximum absolute atomic E-state index is 11.2. The molecule has 4 heteroatoms. The van der Waals surface area contributed by atoms with Gasteiger partial charge in [-0.25, -0.2) is 0 Å². The van der Waals surface area contributed by atoms with E-state index in [0.29, 0.717) is 19.0 Å². The van der Waals surface area contributed by atoms with Gasteiger partial charge in [0.15, 0.2) is 0 Å². The molecular weight excluding hydrogens is 240 g/mol. The van der Waals surface area contributed by atoms with E-state index in [1.54, 1.807) is 0 Å². The van der Waals surface area contributed by atoms with E-state index in [1.807, 2.05) is 0 Å². The Hall–Kier alpha value is -1.55. The van der Waals surface area contributed by atoms with Gasteiger partial charge in [-0.2, -0.15) is 0 Å². The van der Waals surface area contributed by atoms with Crippen LogP contribution < -0.4 is 10.2 Å². The molecule has 0 spiro atoms. The number of nitrogens with one attached hydrogen (secondary N) is 1. The molecule has 4 nitrogen and oxygen atoms in total. The van der Waals surface area contributed by atoms with E-state index in [0.717, 1.165) is 18.8 Å². The molecule has 0 bridgehead atoms. The Morgan fingerprint density at radius 1 is 1.37 bits per heavy atom. The van der Waals surface area contributed by atoms with E-state index in [4.69, 9.17) is 0 Å². The molecule has 1 aliphatic heterocycles. The van der Waals surface area contributed by atoms with Gasteiger partial charge in [0, 0.05) is 31.9 Å². The molecule has 1 aliphatic rings. The second-order valence-corrected chi connectivity index (χ2v) is 5.43. The molecule has 1 atom stereocenters. The number of hydrogen-bond acceptors (Lipinski definition) is 3. The molecule has 0 radical (unpaired) electrons. The van der Waals surface area contributed by atoms with Crippen molar-refractivity contribution in [2.24, 2.45) is 5.92 Å². The lowest BCUT2D eigenvalue weighted by atomic mass is 10.0. The van der Waals surface area contributed by atoms with E-state index >= 15 is 0 Å². The van der Waals surface area contributed by atoms with Crippen molar-refractivity contribution in [3.63, 3.8) is 0 Å². The first kappa shape index (κ1) is 13.9. The van der Waals surface area contributed by atoms with E-state index in [-0.39, 0.29) is 5.92 Å². The largest absolute Gasteiger partial charge is 0.481 e. The van der Waals surface area contributed by atoms with Crippen molar-refractivity contribution >= 4 is 11.7 Å². The number of rotatable bonds is 3. The highest BCUT2D eigenvalue weighted by atomic mass is 16.4. The molecule has 1 heterocycles. The third-order valence-electron chi connectivity index (χ3n) is 3.66. The molecule has 1 saturated heterocycles. The number of benzene rings is 1.